The largest absolute Gasteiger partial charge is 0.462 e. The molecule has 0 aliphatic carbocycles. The van der Waals surface area contributed by atoms with E-state index >= 15 is 0 Å². The first-order valence-electron chi connectivity index (χ1n) is 25.7. The molecule has 0 aromatic heterocycles. The Bertz CT molecular complexity index is 1330. The molecule has 0 saturated carbocycles. The maximum atomic E-state index is 12.8. The van der Waals surface area contributed by atoms with Crippen molar-refractivity contribution in [1.29, 1.82) is 0 Å². The van der Waals surface area contributed by atoms with Crippen LogP contribution in [0.4, 0.5) is 0 Å². The van der Waals surface area contributed by atoms with Crippen LogP contribution >= 0.6 is 0 Å². The van der Waals surface area contributed by atoms with Gasteiger partial charge < -0.3 is 39.4 Å². The average Bonchev–Trinajstić information content (AvgIpc) is 3.30. The molecule has 4 N–H and O–H groups in total. The fraction of sp³-hybridized carbons (Fsp3) is 0.709. The third-order valence-corrected chi connectivity index (χ3v) is 11.3. The number of allylic oxidation sites excluding steroid dienone is 14. The van der Waals surface area contributed by atoms with Crippen molar-refractivity contribution in [1.82, 2.24) is 0 Å². The molecular weight excluding hydrogens is 821 g/mol. The van der Waals surface area contributed by atoms with Crippen molar-refractivity contribution < 1.29 is 49.0 Å². The third kappa shape index (κ3) is 35.7. The Hall–Kier alpha value is -3.12. The van der Waals surface area contributed by atoms with Gasteiger partial charge in [-0.2, -0.15) is 0 Å². The highest BCUT2D eigenvalue weighted by Gasteiger charge is 2.44. The molecule has 10 nitrogen and oxygen atoms in total. The molecule has 6 unspecified atom stereocenters. The number of ether oxygens (including phenoxy) is 4. The van der Waals surface area contributed by atoms with Gasteiger partial charge in [-0.05, 0) is 83.5 Å². The van der Waals surface area contributed by atoms with Gasteiger partial charge in [0.2, 0.25) is 0 Å². The Morgan fingerprint density at radius 1 is 0.477 bits per heavy atom. The number of rotatable bonds is 42. The molecule has 6 atom stereocenters. The topological polar surface area (TPSA) is 152 Å². The molecule has 1 saturated heterocycles. The number of aliphatic hydroxyl groups excluding tert-OH is 4. The van der Waals surface area contributed by atoms with E-state index in [2.05, 4.69) is 98.9 Å². The van der Waals surface area contributed by atoms with Gasteiger partial charge in [0.15, 0.2) is 12.4 Å². The van der Waals surface area contributed by atoms with Crippen LogP contribution in [-0.4, -0.2) is 89.0 Å². The van der Waals surface area contributed by atoms with Crippen LogP contribution in [0.15, 0.2) is 85.1 Å². The molecule has 0 spiro atoms. The van der Waals surface area contributed by atoms with Crippen molar-refractivity contribution in [2.75, 3.05) is 19.8 Å². The zero-order valence-corrected chi connectivity index (χ0v) is 40.7. The average molecular weight is 913 g/mol. The van der Waals surface area contributed by atoms with Gasteiger partial charge in [-0.25, -0.2) is 0 Å². The second kappa shape index (κ2) is 44.7. The van der Waals surface area contributed by atoms with Crippen molar-refractivity contribution in [2.45, 2.75) is 230 Å². The summed E-state index contributed by atoms with van der Waals surface area (Å²) in [7, 11) is 0. The Balaban J connectivity index is 2.27. The summed E-state index contributed by atoms with van der Waals surface area (Å²) in [6, 6.07) is 0. The van der Waals surface area contributed by atoms with Gasteiger partial charge in [0.25, 0.3) is 0 Å². The molecule has 1 aliphatic heterocycles. The first-order valence-corrected chi connectivity index (χ1v) is 25.7. The fourth-order valence-corrected chi connectivity index (χ4v) is 7.31. The molecular formula is C55H92O10. The van der Waals surface area contributed by atoms with E-state index in [9.17, 15) is 30.0 Å². The minimum atomic E-state index is -1.60. The minimum Gasteiger partial charge on any atom is -0.462 e. The highest BCUT2D eigenvalue weighted by molar-refractivity contribution is 5.70. The Morgan fingerprint density at radius 2 is 0.862 bits per heavy atom. The summed E-state index contributed by atoms with van der Waals surface area (Å²) in [5.41, 5.74) is 0. The van der Waals surface area contributed by atoms with Crippen LogP contribution in [0, 0.1) is 0 Å². The molecule has 10 heteroatoms. The zero-order chi connectivity index (χ0) is 47.3. The van der Waals surface area contributed by atoms with Crippen LogP contribution in [0.25, 0.3) is 0 Å². The van der Waals surface area contributed by atoms with E-state index in [1.54, 1.807) is 0 Å². The Kier molecular flexibility index (Phi) is 41.2. The van der Waals surface area contributed by atoms with E-state index in [4.69, 9.17) is 18.9 Å². The first-order chi connectivity index (χ1) is 31.8. The molecule has 0 aromatic rings. The van der Waals surface area contributed by atoms with Crippen molar-refractivity contribution >= 4 is 11.9 Å². The molecule has 1 aliphatic rings. The number of carbonyl (C=O) groups is 2. The quantitative estimate of drug-likeness (QED) is 0.0265. The lowest BCUT2D eigenvalue weighted by molar-refractivity contribution is -0.305. The summed E-state index contributed by atoms with van der Waals surface area (Å²) in [5, 5.41) is 40.2. The molecule has 0 amide bonds. The van der Waals surface area contributed by atoms with E-state index in [1.807, 2.05) is 0 Å². The first kappa shape index (κ1) is 59.9. The van der Waals surface area contributed by atoms with Crippen molar-refractivity contribution in [3.63, 3.8) is 0 Å². The van der Waals surface area contributed by atoms with Gasteiger partial charge in [-0.1, -0.05) is 182 Å². The van der Waals surface area contributed by atoms with E-state index < -0.39 is 49.4 Å². The van der Waals surface area contributed by atoms with E-state index in [-0.39, 0.29) is 32.0 Å². The standard InChI is InChI=1S/C55H92O10/c1-3-5-7-9-11-13-15-17-19-21-22-23-24-25-26-28-30-32-34-36-38-40-42-44-51(58)64-48(47-63-55-54(61)53(60)52(59)49(45-56)65-55)46-62-50(57)43-41-39-37-35-33-31-29-27-20-18-16-14-12-10-8-6-4-2/h5-8,11-14,17-20,22-23,48-49,52-56,59-61H,3-4,9-10,15-16,21,24-47H2,1-2H3/b7-5-,8-6-,13-11-,14-12-,19-17-,20-18-,23-22-. The van der Waals surface area contributed by atoms with Crippen LogP contribution in [0.3, 0.4) is 0 Å². The van der Waals surface area contributed by atoms with Gasteiger partial charge in [0, 0.05) is 12.8 Å². The highest BCUT2D eigenvalue weighted by atomic mass is 16.7. The summed E-state index contributed by atoms with van der Waals surface area (Å²) in [5.74, 6) is -0.826. The number of aliphatic hydroxyl groups is 4. The molecule has 1 fully saturated rings. The number of unbranched alkanes of at least 4 members (excludes halogenated alkanes) is 17. The molecule has 1 heterocycles. The van der Waals surface area contributed by atoms with Gasteiger partial charge in [-0.15, -0.1) is 0 Å². The lowest BCUT2D eigenvalue weighted by Gasteiger charge is -2.39. The van der Waals surface area contributed by atoms with E-state index in [1.165, 1.54) is 57.8 Å². The van der Waals surface area contributed by atoms with Crippen LogP contribution in [0.2, 0.25) is 0 Å². The predicted octanol–water partition coefficient (Wildman–Crippen LogP) is 12.1. The number of esters is 2. The maximum absolute atomic E-state index is 12.8. The second-order valence-corrected chi connectivity index (χ2v) is 17.2. The van der Waals surface area contributed by atoms with Gasteiger partial charge in [0.05, 0.1) is 13.2 Å². The van der Waals surface area contributed by atoms with Crippen LogP contribution in [0.5, 0.6) is 0 Å². The molecule has 0 aromatic carbocycles. The van der Waals surface area contributed by atoms with Crippen LogP contribution in [-0.2, 0) is 28.5 Å². The fourth-order valence-electron chi connectivity index (χ4n) is 7.31. The van der Waals surface area contributed by atoms with Gasteiger partial charge in [-0.3, -0.25) is 9.59 Å². The second-order valence-electron chi connectivity index (χ2n) is 17.2. The monoisotopic (exact) mass is 913 g/mol. The normalized spacial score (nSPS) is 20.0. The molecule has 0 bridgehead atoms. The summed E-state index contributed by atoms with van der Waals surface area (Å²) < 4.78 is 22.2. The lowest BCUT2D eigenvalue weighted by atomic mass is 9.99. The Labute approximate surface area is 395 Å². The number of hydrogen-bond acceptors (Lipinski definition) is 10. The van der Waals surface area contributed by atoms with Crippen LogP contribution < -0.4 is 0 Å². The number of carbonyl (C=O) groups excluding carboxylic acids is 2. The SMILES string of the molecule is CC/C=C\C/C=C\C/C=C\C/C=C\CCCCCCCCCCCCC(=O)OC(COC(=O)CCCCCCCCC/C=C\C/C=C\C/C=C\CC)COC1OC(CO)C(O)C(O)C1O. The minimum absolute atomic E-state index is 0.218. The summed E-state index contributed by atoms with van der Waals surface area (Å²) >= 11 is 0. The smallest absolute Gasteiger partial charge is 0.306 e. The summed E-state index contributed by atoms with van der Waals surface area (Å²) in [4.78, 5) is 25.5. The predicted molar refractivity (Wildman–Crippen MR) is 265 cm³/mol. The van der Waals surface area contributed by atoms with Crippen molar-refractivity contribution in [3.8, 4) is 0 Å². The van der Waals surface area contributed by atoms with Gasteiger partial charge >= 0.3 is 11.9 Å². The lowest BCUT2D eigenvalue weighted by Crippen LogP contribution is -2.59. The van der Waals surface area contributed by atoms with Gasteiger partial charge in [0.1, 0.15) is 31.0 Å². The molecule has 0 radical (unpaired) electrons. The van der Waals surface area contributed by atoms with E-state index in [0.717, 1.165) is 96.3 Å². The van der Waals surface area contributed by atoms with E-state index in [0.29, 0.717) is 12.8 Å². The summed E-state index contributed by atoms with van der Waals surface area (Å²) in [6.07, 6.45) is 51.5. The summed E-state index contributed by atoms with van der Waals surface area (Å²) in [6.45, 7) is 3.19. The van der Waals surface area contributed by atoms with Crippen molar-refractivity contribution in [2.24, 2.45) is 0 Å². The highest BCUT2D eigenvalue weighted by Crippen LogP contribution is 2.23. The third-order valence-electron chi connectivity index (χ3n) is 11.3. The zero-order valence-electron chi connectivity index (χ0n) is 40.7. The van der Waals surface area contributed by atoms with Crippen molar-refractivity contribution in [3.05, 3.63) is 85.1 Å². The molecule has 372 valence electrons. The molecule has 65 heavy (non-hydrogen) atoms. The Morgan fingerprint density at radius 3 is 1.29 bits per heavy atom. The maximum Gasteiger partial charge on any atom is 0.306 e. The number of hydrogen-bond donors (Lipinski definition) is 4. The molecule has 1 rings (SSSR count). The van der Waals surface area contributed by atoms with Crippen LogP contribution in [0.1, 0.15) is 194 Å².